The molecule has 0 aliphatic carbocycles. The van der Waals surface area contributed by atoms with Crippen LogP contribution in [0.1, 0.15) is 35.6 Å². The second-order valence-corrected chi connectivity index (χ2v) is 9.57. The van der Waals surface area contributed by atoms with Crippen molar-refractivity contribution < 1.29 is 24.1 Å². The first-order valence-electron chi connectivity index (χ1n) is 11.6. The van der Waals surface area contributed by atoms with Crippen LogP contribution >= 0.6 is 15.9 Å². The Morgan fingerprint density at radius 3 is 2.29 bits per heavy atom. The van der Waals surface area contributed by atoms with Gasteiger partial charge < -0.3 is 19.3 Å². The predicted molar refractivity (Wildman–Crippen MR) is 138 cm³/mol. The van der Waals surface area contributed by atoms with E-state index in [0.29, 0.717) is 36.8 Å². The third-order valence-electron chi connectivity index (χ3n) is 6.38. The quantitative estimate of drug-likeness (QED) is 0.363. The van der Waals surface area contributed by atoms with E-state index in [-0.39, 0.29) is 12.0 Å². The molecule has 3 aromatic rings. The van der Waals surface area contributed by atoms with Gasteiger partial charge in [0.15, 0.2) is 11.5 Å². The first-order chi connectivity index (χ1) is 17.0. The molecule has 0 amide bonds. The van der Waals surface area contributed by atoms with Gasteiger partial charge in [-0.15, -0.1) is 0 Å². The normalized spacial score (nSPS) is 16.9. The van der Waals surface area contributed by atoms with Crippen molar-refractivity contribution in [2.24, 2.45) is 5.92 Å². The van der Waals surface area contributed by atoms with Crippen LogP contribution in [-0.2, 0) is 11.4 Å². The summed E-state index contributed by atoms with van der Waals surface area (Å²) < 4.78 is 18.6. The van der Waals surface area contributed by atoms with E-state index in [1.54, 1.807) is 14.2 Å². The van der Waals surface area contributed by atoms with E-state index >= 15 is 0 Å². The molecule has 2 atom stereocenters. The number of rotatable bonds is 9. The molecule has 1 fully saturated rings. The van der Waals surface area contributed by atoms with Crippen LogP contribution in [0, 0.1) is 5.92 Å². The van der Waals surface area contributed by atoms with Gasteiger partial charge in [-0.1, -0.05) is 58.4 Å². The molecule has 0 aromatic heterocycles. The summed E-state index contributed by atoms with van der Waals surface area (Å²) in [5.41, 5.74) is 3.07. The van der Waals surface area contributed by atoms with Gasteiger partial charge in [0.2, 0.25) is 5.75 Å². The van der Waals surface area contributed by atoms with Gasteiger partial charge in [-0.3, -0.25) is 9.69 Å². The number of nitrogens with zero attached hydrogens (tertiary/aromatic N) is 1. The fraction of sp³-hybridized carbons (Fsp3) is 0.321. The van der Waals surface area contributed by atoms with E-state index in [1.807, 2.05) is 54.6 Å². The molecule has 1 saturated heterocycles. The second-order valence-electron chi connectivity index (χ2n) is 8.66. The number of carbonyl (C=O) groups is 1. The van der Waals surface area contributed by atoms with Gasteiger partial charge in [0.05, 0.1) is 26.2 Å². The fourth-order valence-electron chi connectivity index (χ4n) is 4.63. The summed E-state index contributed by atoms with van der Waals surface area (Å²) in [4.78, 5) is 14.0. The minimum atomic E-state index is -0.746. The Kier molecular flexibility index (Phi) is 8.31. The molecule has 1 N–H and O–H groups in total. The van der Waals surface area contributed by atoms with E-state index < -0.39 is 5.97 Å². The van der Waals surface area contributed by atoms with Gasteiger partial charge in [-0.05, 0) is 60.3 Å². The lowest BCUT2D eigenvalue weighted by molar-refractivity contribution is -0.143. The number of likely N-dealkylation sites (tertiary alicyclic amines) is 1. The Hall–Kier alpha value is -3.03. The lowest BCUT2D eigenvalue weighted by Crippen LogP contribution is -2.41. The van der Waals surface area contributed by atoms with E-state index in [4.69, 9.17) is 14.2 Å². The zero-order valence-electron chi connectivity index (χ0n) is 19.9. The number of aliphatic carboxylic acids is 1. The lowest BCUT2D eigenvalue weighted by Gasteiger charge is -2.38. The monoisotopic (exact) mass is 539 g/mol. The molecule has 0 bridgehead atoms. The highest BCUT2D eigenvalue weighted by atomic mass is 79.9. The van der Waals surface area contributed by atoms with Crippen molar-refractivity contribution in [1.82, 2.24) is 4.90 Å². The highest BCUT2D eigenvalue weighted by Crippen LogP contribution is 2.43. The summed E-state index contributed by atoms with van der Waals surface area (Å²) in [6.07, 6.45) is 1.52. The molecule has 0 spiro atoms. The Morgan fingerprint density at radius 1 is 1.03 bits per heavy atom. The standard InChI is InChI=1S/C28H30BrNO5/c1-33-24-15-22(16-25(34-2)27(24)35-18-19-7-4-3-5-8-19)26(20-10-12-23(29)13-11-20)30-14-6-9-21(17-30)28(31)32/h3-5,7-8,10-13,15-16,21,26H,6,9,14,17-18H2,1-2H3,(H,31,32). The second kappa shape index (κ2) is 11.6. The SMILES string of the molecule is COc1cc(C(c2ccc(Br)cc2)N2CCCC(C(=O)O)C2)cc(OC)c1OCc1ccccc1. The van der Waals surface area contributed by atoms with Gasteiger partial charge >= 0.3 is 5.97 Å². The first-order valence-corrected chi connectivity index (χ1v) is 12.4. The topological polar surface area (TPSA) is 68.2 Å². The number of halogens is 1. The van der Waals surface area contributed by atoms with Crippen molar-refractivity contribution in [3.63, 3.8) is 0 Å². The van der Waals surface area contributed by atoms with E-state index in [0.717, 1.165) is 34.1 Å². The Morgan fingerprint density at radius 2 is 1.69 bits per heavy atom. The number of carboxylic acids is 1. The molecular formula is C28H30BrNO5. The summed E-state index contributed by atoms with van der Waals surface area (Å²) in [6, 6.07) is 21.9. The van der Waals surface area contributed by atoms with Crippen LogP contribution in [0.4, 0.5) is 0 Å². The highest BCUT2D eigenvalue weighted by molar-refractivity contribution is 9.10. The lowest BCUT2D eigenvalue weighted by atomic mass is 9.91. The smallest absolute Gasteiger partial charge is 0.307 e. The number of piperidine rings is 1. The molecule has 0 saturated carbocycles. The zero-order valence-corrected chi connectivity index (χ0v) is 21.5. The van der Waals surface area contributed by atoms with Crippen LogP contribution in [-0.4, -0.2) is 43.3 Å². The van der Waals surface area contributed by atoms with Gasteiger partial charge in [0.25, 0.3) is 0 Å². The average molecular weight is 540 g/mol. The van der Waals surface area contributed by atoms with E-state index in [2.05, 4.69) is 33.0 Å². The first kappa shape index (κ1) is 25.1. The van der Waals surface area contributed by atoms with Crippen LogP contribution in [0.5, 0.6) is 17.2 Å². The summed E-state index contributed by atoms with van der Waals surface area (Å²) in [5.74, 6) is 0.552. The number of hydrogen-bond donors (Lipinski definition) is 1. The zero-order chi connectivity index (χ0) is 24.8. The van der Waals surface area contributed by atoms with Crippen LogP contribution in [0.25, 0.3) is 0 Å². The van der Waals surface area contributed by atoms with Crippen molar-refractivity contribution in [3.8, 4) is 17.2 Å². The molecular weight excluding hydrogens is 510 g/mol. The number of ether oxygens (including phenoxy) is 3. The molecule has 1 aliphatic rings. The molecule has 6 nitrogen and oxygen atoms in total. The summed E-state index contributed by atoms with van der Waals surface area (Å²) in [7, 11) is 3.23. The maximum absolute atomic E-state index is 11.8. The Bertz CT molecular complexity index is 1110. The minimum Gasteiger partial charge on any atom is -0.493 e. The molecule has 1 aliphatic heterocycles. The molecule has 1 heterocycles. The van der Waals surface area contributed by atoms with E-state index in [9.17, 15) is 9.90 Å². The third kappa shape index (κ3) is 5.97. The summed E-state index contributed by atoms with van der Waals surface area (Å²) in [6.45, 7) is 1.67. The molecule has 184 valence electrons. The molecule has 0 radical (unpaired) electrons. The number of hydrogen-bond acceptors (Lipinski definition) is 5. The van der Waals surface area contributed by atoms with Crippen LogP contribution in [0.15, 0.2) is 71.2 Å². The molecule has 4 rings (SSSR count). The van der Waals surface area contributed by atoms with Gasteiger partial charge in [-0.25, -0.2) is 0 Å². The van der Waals surface area contributed by atoms with Crippen LogP contribution in [0.3, 0.4) is 0 Å². The van der Waals surface area contributed by atoms with E-state index in [1.165, 1.54) is 0 Å². The largest absolute Gasteiger partial charge is 0.493 e. The van der Waals surface area contributed by atoms with Crippen molar-refractivity contribution in [2.75, 3.05) is 27.3 Å². The number of benzene rings is 3. The molecule has 35 heavy (non-hydrogen) atoms. The van der Waals surface area contributed by atoms with Crippen LogP contribution < -0.4 is 14.2 Å². The molecule has 7 heteroatoms. The van der Waals surface area contributed by atoms with Crippen molar-refractivity contribution >= 4 is 21.9 Å². The van der Waals surface area contributed by atoms with Gasteiger partial charge in [0.1, 0.15) is 6.61 Å². The third-order valence-corrected chi connectivity index (χ3v) is 6.91. The van der Waals surface area contributed by atoms with Gasteiger partial charge in [-0.2, -0.15) is 0 Å². The minimum absolute atomic E-state index is 0.156. The van der Waals surface area contributed by atoms with Crippen molar-refractivity contribution in [1.29, 1.82) is 0 Å². The van der Waals surface area contributed by atoms with Crippen molar-refractivity contribution in [3.05, 3.63) is 87.9 Å². The Labute approximate surface area is 214 Å². The maximum atomic E-state index is 11.8. The van der Waals surface area contributed by atoms with Gasteiger partial charge in [0, 0.05) is 11.0 Å². The highest BCUT2D eigenvalue weighted by Gasteiger charge is 2.32. The fourth-order valence-corrected chi connectivity index (χ4v) is 4.90. The summed E-state index contributed by atoms with van der Waals surface area (Å²) >= 11 is 3.52. The maximum Gasteiger partial charge on any atom is 0.307 e. The van der Waals surface area contributed by atoms with Crippen LogP contribution in [0.2, 0.25) is 0 Å². The summed E-state index contributed by atoms with van der Waals surface area (Å²) in [5, 5.41) is 9.68. The molecule has 3 aromatic carbocycles. The Balaban J connectivity index is 1.73. The number of methoxy groups -OCH3 is 2. The number of carboxylic acid groups (broad SMARTS) is 1. The van der Waals surface area contributed by atoms with Crippen molar-refractivity contribution in [2.45, 2.75) is 25.5 Å². The predicted octanol–water partition coefficient (Wildman–Crippen LogP) is 5.93. The average Bonchev–Trinajstić information content (AvgIpc) is 2.89. The molecule has 2 unspecified atom stereocenters.